The molecule has 96 valence electrons. The van der Waals surface area contributed by atoms with Crippen molar-refractivity contribution in [1.29, 1.82) is 0 Å². The Morgan fingerprint density at radius 2 is 2.22 bits per heavy atom. The van der Waals surface area contributed by atoms with Crippen molar-refractivity contribution in [2.45, 2.75) is 25.8 Å². The van der Waals surface area contributed by atoms with Gasteiger partial charge in [0.2, 0.25) is 0 Å². The summed E-state index contributed by atoms with van der Waals surface area (Å²) >= 11 is 4.84. The Morgan fingerprint density at radius 3 is 2.83 bits per heavy atom. The van der Waals surface area contributed by atoms with Crippen LogP contribution < -0.4 is 5.73 Å². The topological polar surface area (TPSA) is 38.9 Å². The standard InChI is InChI=1S/C13H14BrFN2S/c1-8-7-18-13(17-8)6-11(16)4-9-2-3-10(14)5-12(9)15/h2-3,5,7,11H,4,6,16H2,1H3. The van der Waals surface area contributed by atoms with Crippen LogP contribution in [0.1, 0.15) is 16.3 Å². The maximum atomic E-state index is 13.7. The third-order valence-electron chi connectivity index (χ3n) is 2.60. The van der Waals surface area contributed by atoms with Crippen LogP contribution in [0.2, 0.25) is 0 Å². The highest BCUT2D eigenvalue weighted by atomic mass is 79.9. The lowest BCUT2D eigenvalue weighted by Gasteiger charge is -2.10. The zero-order valence-corrected chi connectivity index (χ0v) is 12.4. The minimum Gasteiger partial charge on any atom is -0.327 e. The van der Waals surface area contributed by atoms with Gasteiger partial charge in [0, 0.05) is 28.0 Å². The van der Waals surface area contributed by atoms with Gasteiger partial charge in [-0.05, 0) is 31.0 Å². The molecule has 0 saturated heterocycles. The first kappa shape index (κ1) is 13.6. The van der Waals surface area contributed by atoms with E-state index < -0.39 is 0 Å². The molecule has 5 heteroatoms. The van der Waals surface area contributed by atoms with Crippen molar-refractivity contribution in [3.8, 4) is 0 Å². The summed E-state index contributed by atoms with van der Waals surface area (Å²) in [5.74, 6) is -0.213. The first-order valence-corrected chi connectivity index (χ1v) is 7.32. The van der Waals surface area contributed by atoms with E-state index in [2.05, 4.69) is 20.9 Å². The summed E-state index contributed by atoms with van der Waals surface area (Å²) in [7, 11) is 0. The number of hydrogen-bond donors (Lipinski definition) is 1. The van der Waals surface area contributed by atoms with Crippen molar-refractivity contribution in [3.63, 3.8) is 0 Å². The second-order valence-electron chi connectivity index (χ2n) is 4.29. The van der Waals surface area contributed by atoms with E-state index in [1.54, 1.807) is 17.4 Å². The average molecular weight is 329 g/mol. The van der Waals surface area contributed by atoms with Crippen LogP contribution in [0.4, 0.5) is 4.39 Å². The Morgan fingerprint density at radius 1 is 1.44 bits per heavy atom. The van der Waals surface area contributed by atoms with Crippen LogP contribution in [0.25, 0.3) is 0 Å². The fraction of sp³-hybridized carbons (Fsp3) is 0.308. The summed E-state index contributed by atoms with van der Waals surface area (Å²) in [6.45, 7) is 1.96. The summed E-state index contributed by atoms with van der Waals surface area (Å²) in [5.41, 5.74) is 7.71. The van der Waals surface area contributed by atoms with Gasteiger partial charge in [-0.2, -0.15) is 0 Å². The largest absolute Gasteiger partial charge is 0.327 e. The summed E-state index contributed by atoms with van der Waals surface area (Å²) in [6, 6.07) is 4.96. The Labute approximate surface area is 118 Å². The van der Waals surface area contributed by atoms with Crippen LogP contribution in [-0.4, -0.2) is 11.0 Å². The number of rotatable bonds is 4. The predicted octanol–water partition coefficient (Wildman–Crippen LogP) is 3.47. The smallest absolute Gasteiger partial charge is 0.127 e. The molecule has 1 aromatic heterocycles. The van der Waals surface area contributed by atoms with Crippen molar-refractivity contribution in [1.82, 2.24) is 4.98 Å². The molecule has 0 saturated carbocycles. The molecule has 0 bridgehead atoms. The zero-order chi connectivity index (χ0) is 13.1. The first-order valence-electron chi connectivity index (χ1n) is 5.65. The van der Waals surface area contributed by atoms with E-state index in [4.69, 9.17) is 5.73 Å². The Kier molecular flexibility index (Phi) is 4.48. The third kappa shape index (κ3) is 3.60. The van der Waals surface area contributed by atoms with Crippen LogP contribution in [0.3, 0.4) is 0 Å². The number of hydrogen-bond acceptors (Lipinski definition) is 3. The van der Waals surface area contributed by atoms with E-state index in [1.807, 2.05) is 18.4 Å². The highest BCUT2D eigenvalue weighted by Crippen LogP contribution is 2.18. The lowest BCUT2D eigenvalue weighted by atomic mass is 10.0. The van der Waals surface area contributed by atoms with Gasteiger partial charge in [0.05, 0.1) is 5.01 Å². The molecule has 0 aliphatic carbocycles. The molecule has 0 radical (unpaired) electrons. The summed E-state index contributed by atoms with van der Waals surface area (Å²) in [6.07, 6.45) is 1.21. The molecule has 2 aromatic rings. The van der Waals surface area contributed by atoms with Gasteiger partial charge in [0.15, 0.2) is 0 Å². The van der Waals surface area contributed by atoms with E-state index in [1.165, 1.54) is 6.07 Å². The molecule has 1 aromatic carbocycles. The van der Waals surface area contributed by atoms with E-state index in [0.29, 0.717) is 18.4 Å². The number of aryl methyl sites for hydroxylation is 1. The second-order valence-corrected chi connectivity index (χ2v) is 6.15. The molecular weight excluding hydrogens is 315 g/mol. The van der Waals surface area contributed by atoms with Crippen LogP contribution in [0, 0.1) is 12.7 Å². The molecule has 0 aliphatic rings. The number of benzene rings is 1. The summed E-state index contributed by atoms with van der Waals surface area (Å²) < 4.78 is 14.4. The Balaban J connectivity index is 2.00. The molecule has 0 amide bonds. The van der Waals surface area contributed by atoms with E-state index >= 15 is 0 Å². The van der Waals surface area contributed by atoms with Gasteiger partial charge in [0.1, 0.15) is 5.82 Å². The monoisotopic (exact) mass is 328 g/mol. The molecule has 1 atom stereocenters. The van der Waals surface area contributed by atoms with Gasteiger partial charge in [-0.1, -0.05) is 22.0 Å². The summed E-state index contributed by atoms with van der Waals surface area (Å²) in [5, 5.41) is 3.01. The molecule has 18 heavy (non-hydrogen) atoms. The first-order chi connectivity index (χ1) is 8.54. The quantitative estimate of drug-likeness (QED) is 0.933. The Bertz CT molecular complexity index is 542. The molecule has 1 unspecified atom stereocenters. The molecule has 0 spiro atoms. The maximum Gasteiger partial charge on any atom is 0.127 e. The minimum absolute atomic E-state index is 0.105. The van der Waals surface area contributed by atoms with Crippen molar-refractivity contribution < 1.29 is 4.39 Å². The third-order valence-corrected chi connectivity index (χ3v) is 4.08. The van der Waals surface area contributed by atoms with E-state index in [0.717, 1.165) is 15.2 Å². The van der Waals surface area contributed by atoms with Gasteiger partial charge in [-0.15, -0.1) is 11.3 Å². The molecular formula is C13H14BrFN2S. The van der Waals surface area contributed by atoms with Crippen LogP contribution in [0.5, 0.6) is 0 Å². The lowest BCUT2D eigenvalue weighted by Crippen LogP contribution is -2.26. The van der Waals surface area contributed by atoms with E-state index in [-0.39, 0.29) is 11.9 Å². The molecule has 2 nitrogen and oxygen atoms in total. The van der Waals surface area contributed by atoms with Crippen molar-refractivity contribution in [3.05, 3.63) is 50.1 Å². The highest BCUT2D eigenvalue weighted by molar-refractivity contribution is 9.10. The van der Waals surface area contributed by atoms with Crippen LogP contribution in [0.15, 0.2) is 28.1 Å². The molecule has 0 fully saturated rings. The van der Waals surface area contributed by atoms with Crippen LogP contribution in [-0.2, 0) is 12.8 Å². The highest BCUT2D eigenvalue weighted by Gasteiger charge is 2.11. The van der Waals surface area contributed by atoms with E-state index in [9.17, 15) is 4.39 Å². The molecule has 0 aliphatic heterocycles. The van der Waals surface area contributed by atoms with Gasteiger partial charge >= 0.3 is 0 Å². The average Bonchev–Trinajstić information content (AvgIpc) is 2.68. The lowest BCUT2D eigenvalue weighted by molar-refractivity contribution is 0.582. The maximum absolute atomic E-state index is 13.7. The zero-order valence-electron chi connectivity index (χ0n) is 9.99. The SMILES string of the molecule is Cc1csc(CC(N)Cc2ccc(Br)cc2F)n1. The van der Waals surface area contributed by atoms with Gasteiger partial charge in [-0.25, -0.2) is 9.37 Å². The fourth-order valence-corrected chi connectivity index (χ4v) is 2.96. The molecule has 2 N–H and O–H groups in total. The number of aromatic nitrogens is 1. The number of nitrogens with zero attached hydrogens (tertiary/aromatic N) is 1. The Hall–Kier alpha value is -0.780. The predicted molar refractivity (Wildman–Crippen MR) is 76.3 cm³/mol. The van der Waals surface area contributed by atoms with Gasteiger partial charge in [0.25, 0.3) is 0 Å². The normalized spacial score (nSPS) is 12.7. The van der Waals surface area contributed by atoms with Gasteiger partial charge in [-0.3, -0.25) is 0 Å². The van der Waals surface area contributed by atoms with Gasteiger partial charge < -0.3 is 5.73 Å². The van der Waals surface area contributed by atoms with Crippen molar-refractivity contribution in [2.24, 2.45) is 5.73 Å². The number of halogens is 2. The number of thiazole rings is 1. The van der Waals surface area contributed by atoms with Crippen molar-refractivity contribution in [2.75, 3.05) is 0 Å². The van der Waals surface area contributed by atoms with Crippen molar-refractivity contribution >= 4 is 27.3 Å². The molecule has 2 rings (SSSR count). The summed E-state index contributed by atoms with van der Waals surface area (Å²) in [4.78, 5) is 4.37. The van der Waals surface area contributed by atoms with Crippen LogP contribution >= 0.6 is 27.3 Å². The second kappa shape index (κ2) is 5.91. The number of nitrogens with two attached hydrogens (primary N) is 1. The molecule has 1 heterocycles. The minimum atomic E-state index is -0.213. The fourth-order valence-electron chi connectivity index (χ4n) is 1.76.